The lowest BCUT2D eigenvalue weighted by molar-refractivity contribution is -0.136. The van der Waals surface area contributed by atoms with E-state index in [1.165, 1.54) is 42.5 Å². The number of benzene rings is 2. The van der Waals surface area contributed by atoms with E-state index in [1.54, 1.807) is 6.92 Å². The summed E-state index contributed by atoms with van der Waals surface area (Å²) < 4.78 is 51.4. The number of rotatable bonds is 3. The molecule has 0 radical (unpaired) electrons. The fourth-order valence-corrected chi connectivity index (χ4v) is 2.03. The molecule has 2 aromatic rings. The van der Waals surface area contributed by atoms with E-state index in [0.29, 0.717) is 5.56 Å². The molecular weight excluding hydrogens is 312 g/mol. The molecular formula is C16H14F4N2O. The van der Waals surface area contributed by atoms with Crippen LogP contribution in [0.25, 0.3) is 0 Å². The average Bonchev–Trinajstić information content (AvgIpc) is 2.47. The first-order valence-corrected chi connectivity index (χ1v) is 6.76. The quantitative estimate of drug-likeness (QED) is 0.787. The number of carbonyl (C=O) groups excluding carboxylic acids is 1. The monoisotopic (exact) mass is 326 g/mol. The highest BCUT2D eigenvalue weighted by atomic mass is 19.4. The summed E-state index contributed by atoms with van der Waals surface area (Å²) in [5, 5.41) is 4.69. The van der Waals surface area contributed by atoms with E-state index in [9.17, 15) is 22.4 Å². The second-order valence-electron chi connectivity index (χ2n) is 4.92. The Labute approximate surface area is 130 Å². The lowest BCUT2D eigenvalue weighted by Crippen LogP contribution is -2.31. The van der Waals surface area contributed by atoms with Gasteiger partial charge in [-0.25, -0.2) is 9.18 Å². The van der Waals surface area contributed by atoms with Gasteiger partial charge in [0.2, 0.25) is 0 Å². The fourth-order valence-electron chi connectivity index (χ4n) is 2.03. The maximum atomic E-state index is 12.9. The SMILES string of the molecule is C[C@@H](NC(=O)Nc1ccccc1C(F)(F)F)c1ccc(F)cc1. The molecule has 2 N–H and O–H groups in total. The Bertz CT molecular complexity index is 683. The van der Waals surface area contributed by atoms with E-state index < -0.39 is 29.6 Å². The molecule has 0 unspecified atom stereocenters. The number of halogens is 4. The zero-order chi connectivity index (χ0) is 17.0. The Morgan fingerprint density at radius 1 is 1.04 bits per heavy atom. The average molecular weight is 326 g/mol. The third kappa shape index (κ3) is 4.45. The van der Waals surface area contributed by atoms with Crippen LogP contribution in [0, 0.1) is 5.82 Å². The summed E-state index contributed by atoms with van der Waals surface area (Å²) >= 11 is 0. The standard InChI is InChI=1S/C16H14F4N2O/c1-10(11-6-8-12(17)9-7-11)21-15(23)22-14-5-3-2-4-13(14)16(18,19)20/h2-10H,1H3,(H2,21,22,23)/t10-/m1/s1. The fraction of sp³-hybridized carbons (Fsp3) is 0.188. The predicted molar refractivity (Wildman–Crippen MR) is 78.4 cm³/mol. The third-order valence-corrected chi connectivity index (χ3v) is 3.20. The topological polar surface area (TPSA) is 41.1 Å². The van der Waals surface area contributed by atoms with E-state index in [4.69, 9.17) is 0 Å². The lowest BCUT2D eigenvalue weighted by atomic mass is 10.1. The summed E-state index contributed by atoms with van der Waals surface area (Å²) in [7, 11) is 0. The van der Waals surface area contributed by atoms with E-state index >= 15 is 0 Å². The van der Waals surface area contributed by atoms with Crippen molar-refractivity contribution in [2.24, 2.45) is 0 Å². The summed E-state index contributed by atoms with van der Waals surface area (Å²) in [5.74, 6) is -0.412. The van der Waals surface area contributed by atoms with Crippen molar-refractivity contribution in [1.82, 2.24) is 5.32 Å². The molecule has 3 nitrogen and oxygen atoms in total. The number of anilines is 1. The van der Waals surface area contributed by atoms with Crippen LogP contribution in [0.3, 0.4) is 0 Å². The van der Waals surface area contributed by atoms with Crippen LogP contribution in [0.2, 0.25) is 0 Å². The van der Waals surface area contributed by atoms with Crippen LogP contribution in [0.5, 0.6) is 0 Å². The van der Waals surface area contributed by atoms with Crippen LogP contribution in [0.1, 0.15) is 24.1 Å². The minimum Gasteiger partial charge on any atom is -0.331 e. The Morgan fingerprint density at radius 2 is 1.65 bits per heavy atom. The van der Waals surface area contributed by atoms with Gasteiger partial charge in [0, 0.05) is 0 Å². The summed E-state index contributed by atoms with van der Waals surface area (Å²) in [4.78, 5) is 11.9. The molecule has 0 aliphatic heterocycles. The van der Waals surface area contributed by atoms with Gasteiger partial charge in [-0.15, -0.1) is 0 Å². The van der Waals surface area contributed by atoms with Gasteiger partial charge in [0.1, 0.15) is 5.82 Å². The van der Waals surface area contributed by atoms with Crippen LogP contribution in [-0.2, 0) is 6.18 Å². The van der Waals surface area contributed by atoms with Crippen molar-refractivity contribution in [3.8, 4) is 0 Å². The second kappa shape index (κ2) is 6.68. The van der Waals surface area contributed by atoms with Crippen molar-refractivity contribution in [3.05, 3.63) is 65.5 Å². The van der Waals surface area contributed by atoms with Gasteiger partial charge in [-0.3, -0.25) is 0 Å². The molecule has 0 aromatic heterocycles. The highest BCUT2D eigenvalue weighted by Crippen LogP contribution is 2.34. The van der Waals surface area contributed by atoms with E-state index in [2.05, 4.69) is 10.6 Å². The molecule has 0 aliphatic rings. The summed E-state index contributed by atoms with van der Waals surface area (Å²) in [5.41, 5.74) is -0.626. The highest BCUT2D eigenvalue weighted by molar-refractivity contribution is 5.90. The minimum absolute atomic E-state index is 0.330. The zero-order valence-electron chi connectivity index (χ0n) is 12.1. The van der Waals surface area contributed by atoms with Crippen LogP contribution in [0.4, 0.5) is 28.0 Å². The van der Waals surface area contributed by atoms with Crippen molar-refractivity contribution >= 4 is 11.7 Å². The van der Waals surface area contributed by atoms with Crippen LogP contribution >= 0.6 is 0 Å². The van der Waals surface area contributed by atoms with Gasteiger partial charge in [0.15, 0.2) is 0 Å². The van der Waals surface area contributed by atoms with Gasteiger partial charge in [-0.1, -0.05) is 24.3 Å². The minimum atomic E-state index is -4.56. The number of nitrogens with one attached hydrogen (secondary N) is 2. The molecule has 0 spiro atoms. The number of alkyl halides is 3. The van der Waals surface area contributed by atoms with E-state index in [0.717, 1.165) is 6.07 Å². The molecule has 0 bridgehead atoms. The maximum Gasteiger partial charge on any atom is 0.418 e. The largest absolute Gasteiger partial charge is 0.418 e. The number of hydrogen-bond donors (Lipinski definition) is 2. The molecule has 122 valence electrons. The molecule has 1 atom stereocenters. The normalized spacial score (nSPS) is 12.6. The summed E-state index contributed by atoms with van der Waals surface area (Å²) in [6.07, 6.45) is -4.56. The molecule has 7 heteroatoms. The summed E-state index contributed by atoms with van der Waals surface area (Å²) in [6, 6.07) is 8.89. The maximum absolute atomic E-state index is 12.9. The van der Waals surface area contributed by atoms with Gasteiger partial charge >= 0.3 is 12.2 Å². The van der Waals surface area contributed by atoms with Crippen LogP contribution < -0.4 is 10.6 Å². The smallest absolute Gasteiger partial charge is 0.331 e. The number of carbonyl (C=O) groups is 1. The van der Waals surface area contributed by atoms with Gasteiger partial charge in [-0.05, 0) is 36.8 Å². The molecule has 0 saturated heterocycles. The molecule has 0 fully saturated rings. The second-order valence-corrected chi connectivity index (χ2v) is 4.92. The van der Waals surface area contributed by atoms with Crippen molar-refractivity contribution in [2.75, 3.05) is 5.32 Å². The Hall–Kier alpha value is -2.57. The highest BCUT2D eigenvalue weighted by Gasteiger charge is 2.33. The first-order valence-electron chi connectivity index (χ1n) is 6.76. The first kappa shape index (κ1) is 16.8. The van der Waals surface area contributed by atoms with Crippen molar-refractivity contribution < 1.29 is 22.4 Å². The summed E-state index contributed by atoms with van der Waals surface area (Å²) in [6.45, 7) is 1.64. The van der Waals surface area contributed by atoms with Crippen molar-refractivity contribution in [2.45, 2.75) is 19.1 Å². The third-order valence-electron chi connectivity index (χ3n) is 3.20. The molecule has 0 saturated carbocycles. The Morgan fingerprint density at radius 3 is 2.26 bits per heavy atom. The number of hydrogen-bond acceptors (Lipinski definition) is 1. The number of amides is 2. The van der Waals surface area contributed by atoms with Gasteiger partial charge in [-0.2, -0.15) is 13.2 Å². The first-order chi connectivity index (χ1) is 10.8. The number of urea groups is 1. The van der Waals surface area contributed by atoms with Gasteiger partial charge in [0.25, 0.3) is 0 Å². The zero-order valence-corrected chi connectivity index (χ0v) is 12.1. The van der Waals surface area contributed by atoms with Gasteiger partial charge in [0.05, 0.1) is 17.3 Å². The molecule has 23 heavy (non-hydrogen) atoms. The molecule has 2 aromatic carbocycles. The van der Waals surface area contributed by atoms with E-state index in [-0.39, 0.29) is 5.69 Å². The number of para-hydroxylation sites is 1. The predicted octanol–water partition coefficient (Wildman–Crippen LogP) is 4.73. The molecule has 0 aliphatic carbocycles. The molecule has 0 heterocycles. The van der Waals surface area contributed by atoms with Crippen LogP contribution in [0.15, 0.2) is 48.5 Å². The molecule has 2 amide bonds. The Balaban J connectivity index is 2.07. The Kier molecular flexibility index (Phi) is 4.88. The van der Waals surface area contributed by atoms with E-state index in [1.807, 2.05) is 0 Å². The molecule has 2 rings (SSSR count). The van der Waals surface area contributed by atoms with Crippen molar-refractivity contribution in [1.29, 1.82) is 0 Å². The lowest BCUT2D eigenvalue weighted by Gasteiger charge is -2.17. The van der Waals surface area contributed by atoms with Crippen molar-refractivity contribution in [3.63, 3.8) is 0 Å². The van der Waals surface area contributed by atoms with Gasteiger partial charge < -0.3 is 10.6 Å². The van der Waals surface area contributed by atoms with Crippen LogP contribution in [-0.4, -0.2) is 6.03 Å².